The van der Waals surface area contributed by atoms with Gasteiger partial charge in [-0.3, -0.25) is 4.79 Å². The average Bonchev–Trinajstić information content (AvgIpc) is 2.41. The van der Waals surface area contributed by atoms with Crippen LogP contribution >= 0.6 is 11.6 Å². The summed E-state index contributed by atoms with van der Waals surface area (Å²) >= 11 is 5.87. The molecule has 5 heteroatoms. The van der Waals surface area contributed by atoms with Gasteiger partial charge < -0.3 is 15.4 Å². The zero-order valence-electron chi connectivity index (χ0n) is 11.9. The largest absolute Gasteiger partial charge is 0.363 e. The van der Waals surface area contributed by atoms with E-state index in [4.69, 9.17) is 16.3 Å². The first-order valence-corrected chi connectivity index (χ1v) is 7.30. The van der Waals surface area contributed by atoms with E-state index in [1.807, 2.05) is 38.1 Å². The minimum Gasteiger partial charge on any atom is -0.363 e. The first-order valence-electron chi connectivity index (χ1n) is 6.92. The number of amides is 1. The van der Waals surface area contributed by atoms with Crippen molar-refractivity contribution in [3.05, 3.63) is 34.9 Å². The van der Waals surface area contributed by atoms with Gasteiger partial charge in [0.2, 0.25) is 5.91 Å². The van der Waals surface area contributed by atoms with Gasteiger partial charge in [0.1, 0.15) is 6.61 Å². The standard InChI is InChI=1S/C15H21ClN2O2/c1-3-13(11-4-6-12(16)7-5-11)18-14(19)8-20-15(2)9-17-10-15/h4-7,13,17H,3,8-10H2,1-2H3,(H,18,19). The number of ether oxygens (including phenoxy) is 1. The van der Waals surface area contributed by atoms with Crippen molar-refractivity contribution in [2.24, 2.45) is 0 Å². The fourth-order valence-electron chi connectivity index (χ4n) is 2.17. The van der Waals surface area contributed by atoms with Crippen LogP contribution in [0.4, 0.5) is 0 Å². The zero-order valence-corrected chi connectivity index (χ0v) is 12.7. The maximum Gasteiger partial charge on any atom is 0.246 e. The normalized spacial score (nSPS) is 18.1. The zero-order chi connectivity index (χ0) is 14.6. The summed E-state index contributed by atoms with van der Waals surface area (Å²) in [6.07, 6.45) is 0.826. The fraction of sp³-hybridized carbons (Fsp3) is 0.533. The van der Waals surface area contributed by atoms with Crippen molar-refractivity contribution in [3.8, 4) is 0 Å². The van der Waals surface area contributed by atoms with E-state index in [1.54, 1.807) is 0 Å². The first kappa shape index (κ1) is 15.3. The summed E-state index contributed by atoms with van der Waals surface area (Å²) < 4.78 is 5.63. The molecular weight excluding hydrogens is 276 g/mol. The SMILES string of the molecule is CCC(NC(=O)COC1(C)CNC1)c1ccc(Cl)cc1. The van der Waals surface area contributed by atoms with E-state index < -0.39 is 0 Å². The van der Waals surface area contributed by atoms with Gasteiger partial charge in [-0.05, 0) is 31.0 Å². The second-order valence-corrected chi connectivity index (χ2v) is 5.86. The molecule has 2 N–H and O–H groups in total. The van der Waals surface area contributed by atoms with Gasteiger partial charge >= 0.3 is 0 Å². The van der Waals surface area contributed by atoms with Gasteiger partial charge in [0, 0.05) is 18.1 Å². The first-order chi connectivity index (χ1) is 9.52. The van der Waals surface area contributed by atoms with E-state index >= 15 is 0 Å². The van der Waals surface area contributed by atoms with Gasteiger partial charge in [-0.1, -0.05) is 30.7 Å². The predicted molar refractivity (Wildman–Crippen MR) is 79.9 cm³/mol. The van der Waals surface area contributed by atoms with Crippen LogP contribution in [0.25, 0.3) is 0 Å². The molecule has 1 amide bonds. The van der Waals surface area contributed by atoms with Crippen molar-refractivity contribution >= 4 is 17.5 Å². The lowest BCUT2D eigenvalue weighted by Gasteiger charge is -2.38. The third kappa shape index (κ3) is 3.95. The van der Waals surface area contributed by atoms with Gasteiger partial charge in [-0.15, -0.1) is 0 Å². The lowest BCUT2D eigenvalue weighted by atomic mass is 10.0. The van der Waals surface area contributed by atoms with Crippen molar-refractivity contribution in [1.29, 1.82) is 0 Å². The predicted octanol–water partition coefficient (Wildman–Crippen LogP) is 2.29. The van der Waals surface area contributed by atoms with Crippen LogP contribution in [0.3, 0.4) is 0 Å². The number of benzene rings is 1. The number of nitrogens with one attached hydrogen (secondary N) is 2. The molecular formula is C15H21ClN2O2. The molecule has 4 nitrogen and oxygen atoms in total. The minimum absolute atomic E-state index is 0.00399. The van der Waals surface area contributed by atoms with E-state index in [2.05, 4.69) is 10.6 Å². The number of carbonyl (C=O) groups excluding carboxylic acids is 1. The molecule has 1 aromatic carbocycles. The van der Waals surface area contributed by atoms with E-state index in [-0.39, 0.29) is 24.2 Å². The smallest absolute Gasteiger partial charge is 0.246 e. The third-order valence-electron chi connectivity index (χ3n) is 3.57. The summed E-state index contributed by atoms with van der Waals surface area (Å²) in [4.78, 5) is 12.0. The van der Waals surface area contributed by atoms with Gasteiger partial charge in [0.25, 0.3) is 0 Å². The van der Waals surface area contributed by atoms with Crippen molar-refractivity contribution in [1.82, 2.24) is 10.6 Å². The molecule has 2 rings (SSSR count). The molecule has 1 unspecified atom stereocenters. The molecule has 0 saturated carbocycles. The number of halogens is 1. The van der Waals surface area contributed by atoms with Crippen LogP contribution in [0.5, 0.6) is 0 Å². The Labute approximate surface area is 124 Å². The quantitative estimate of drug-likeness (QED) is 0.847. The van der Waals surface area contributed by atoms with Crippen LogP contribution in [0.2, 0.25) is 5.02 Å². The Balaban J connectivity index is 1.85. The highest BCUT2D eigenvalue weighted by atomic mass is 35.5. The van der Waals surface area contributed by atoms with E-state index in [9.17, 15) is 4.79 Å². The Bertz CT molecular complexity index is 457. The maximum atomic E-state index is 12.0. The molecule has 1 heterocycles. The Morgan fingerprint density at radius 1 is 1.45 bits per heavy atom. The second kappa shape index (κ2) is 6.57. The monoisotopic (exact) mass is 296 g/mol. The van der Waals surface area contributed by atoms with E-state index in [0.29, 0.717) is 5.02 Å². The number of rotatable bonds is 6. The molecule has 0 spiro atoms. The molecule has 0 aliphatic carbocycles. The molecule has 1 aliphatic rings. The van der Waals surface area contributed by atoms with Gasteiger partial charge in [0.05, 0.1) is 11.6 Å². The van der Waals surface area contributed by atoms with Crippen LogP contribution in [0, 0.1) is 0 Å². The molecule has 110 valence electrons. The molecule has 0 aromatic heterocycles. The van der Waals surface area contributed by atoms with Crippen LogP contribution in [0.15, 0.2) is 24.3 Å². The average molecular weight is 297 g/mol. The minimum atomic E-state index is -0.195. The number of carbonyl (C=O) groups is 1. The van der Waals surface area contributed by atoms with Crippen molar-refractivity contribution in [2.75, 3.05) is 19.7 Å². The van der Waals surface area contributed by atoms with Crippen LogP contribution in [-0.2, 0) is 9.53 Å². The molecule has 0 radical (unpaired) electrons. The van der Waals surface area contributed by atoms with Crippen LogP contribution in [0.1, 0.15) is 31.9 Å². The highest BCUT2D eigenvalue weighted by Crippen LogP contribution is 2.19. The summed E-state index contributed by atoms with van der Waals surface area (Å²) in [6.45, 7) is 5.75. The van der Waals surface area contributed by atoms with E-state index in [1.165, 1.54) is 0 Å². The Kier molecular flexibility index (Phi) is 5.02. The third-order valence-corrected chi connectivity index (χ3v) is 3.82. The Morgan fingerprint density at radius 3 is 2.60 bits per heavy atom. The lowest BCUT2D eigenvalue weighted by Crippen LogP contribution is -2.59. The molecule has 0 bridgehead atoms. The topological polar surface area (TPSA) is 50.4 Å². The number of hydrogen-bond donors (Lipinski definition) is 2. The van der Waals surface area contributed by atoms with Crippen LogP contribution in [-0.4, -0.2) is 31.2 Å². The Hall–Kier alpha value is -1.10. The van der Waals surface area contributed by atoms with Gasteiger partial charge in [-0.25, -0.2) is 0 Å². The van der Waals surface area contributed by atoms with Gasteiger partial charge in [0.15, 0.2) is 0 Å². The summed E-state index contributed by atoms with van der Waals surface area (Å²) in [5, 5.41) is 6.83. The van der Waals surface area contributed by atoms with Crippen LogP contribution < -0.4 is 10.6 Å². The summed E-state index contributed by atoms with van der Waals surface area (Å²) in [5.41, 5.74) is 0.862. The molecule has 1 atom stereocenters. The maximum absolute atomic E-state index is 12.0. The molecule has 1 aliphatic heterocycles. The fourth-order valence-corrected chi connectivity index (χ4v) is 2.30. The Morgan fingerprint density at radius 2 is 2.10 bits per heavy atom. The highest BCUT2D eigenvalue weighted by Gasteiger charge is 2.33. The molecule has 1 saturated heterocycles. The molecule has 1 fully saturated rings. The van der Waals surface area contributed by atoms with Crippen molar-refractivity contribution < 1.29 is 9.53 Å². The summed E-state index contributed by atoms with van der Waals surface area (Å²) in [5.74, 6) is -0.0834. The van der Waals surface area contributed by atoms with Gasteiger partial charge in [-0.2, -0.15) is 0 Å². The summed E-state index contributed by atoms with van der Waals surface area (Å²) in [7, 11) is 0. The highest BCUT2D eigenvalue weighted by molar-refractivity contribution is 6.30. The number of hydrogen-bond acceptors (Lipinski definition) is 3. The summed E-state index contributed by atoms with van der Waals surface area (Å²) in [6, 6.07) is 7.55. The molecule has 1 aromatic rings. The van der Waals surface area contributed by atoms with Crippen molar-refractivity contribution in [2.45, 2.75) is 31.9 Å². The van der Waals surface area contributed by atoms with E-state index in [0.717, 1.165) is 25.1 Å². The van der Waals surface area contributed by atoms with Crippen molar-refractivity contribution in [3.63, 3.8) is 0 Å². The molecule has 20 heavy (non-hydrogen) atoms. The lowest BCUT2D eigenvalue weighted by molar-refractivity contribution is -0.136. The second-order valence-electron chi connectivity index (χ2n) is 5.42.